The minimum atomic E-state index is -0.406. The molecule has 0 radical (unpaired) electrons. The van der Waals surface area contributed by atoms with Gasteiger partial charge < -0.3 is 29.5 Å². The van der Waals surface area contributed by atoms with Crippen LogP contribution in [0.4, 0.5) is 0 Å². The number of fused-ring (bicyclic) bond motifs is 1. The van der Waals surface area contributed by atoms with Crippen LogP contribution in [-0.4, -0.2) is 29.5 Å². The highest BCUT2D eigenvalue weighted by Crippen LogP contribution is 2.51. The molecule has 4 aromatic rings. The molecule has 4 aromatic carbocycles. The largest absolute Gasteiger partial charge is 0.508 e. The lowest BCUT2D eigenvalue weighted by molar-refractivity contribution is 0.222. The van der Waals surface area contributed by atoms with Crippen molar-refractivity contribution in [3.63, 3.8) is 0 Å². The Morgan fingerprint density at radius 1 is 0.730 bits per heavy atom. The first-order valence-electron chi connectivity index (χ1n) is 11.6. The average molecular weight is 608 g/mol. The molecule has 7 heteroatoms. The summed E-state index contributed by atoms with van der Waals surface area (Å²) in [5.41, 5.74) is 4.42. The predicted molar refractivity (Wildman–Crippen MR) is 151 cm³/mol. The molecule has 3 N–H and O–H groups in total. The number of hydrogen-bond acceptors (Lipinski definition) is 6. The fourth-order valence-corrected chi connectivity index (χ4v) is 4.89. The first-order chi connectivity index (χ1) is 17.9. The van der Waals surface area contributed by atoms with Gasteiger partial charge in [-0.05, 0) is 93.4 Å². The summed E-state index contributed by atoms with van der Waals surface area (Å²) in [4.78, 5) is 0. The summed E-state index contributed by atoms with van der Waals surface area (Å²) in [7, 11) is 3.24. The van der Waals surface area contributed by atoms with E-state index >= 15 is 0 Å². The van der Waals surface area contributed by atoms with Crippen LogP contribution in [0.3, 0.4) is 0 Å². The second-order valence-corrected chi connectivity index (χ2v) is 9.84. The molecule has 2 atom stereocenters. The Bertz CT molecular complexity index is 1430. The molecule has 1 aliphatic heterocycles. The van der Waals surface area contributed by atoms with Crippen molar-refractivity contribution in [1.82, 2.24) is 0 Å². The quantitative estimate of drug-likeness (QED) is 0.164. The van der Waals surface area contributed by atoms with Gasteiger partial charge in [0, 0.05) is 11.6 Å². The molecule has 0 aromatic heterocycles. The molecule has 6 nitrogen and oxygen atoms in total. The SMILES string of the molecule is COc1cc(/C=C/c2ccc3c(c2)C(c2cc(O)c(I)c(O)c2)C(c2ccc(O)cc2)O3)cc(OC)c1. The van der Waals surface area contributed by atoms with Crippen molar-refractivity contribution in [3.8, 4) is 34.5 Å². The smallest absolute Gasteiger partial charge is 0.135 e. The van der Waals surface area contributed by atoms with Gasteiger partial charge in [-0.25, -0.2) is 0 Å². The maximum absolute atomic E-state index is 10.5. The number of benzene rings is 4. The minimum absolute atomic E-state index is 0.0107. The molecular formula is C30H25IO6. The van der Waals surface area contributed by atoms with Crippen molar-refractivity contribution in [1.29, 1.82) is 0 Å². The summed E-state index contributed by atoms with van der Waals surface area (Å²) in [6, 6.07) is 21.9. The van der Waals surface area contributed by atoms with E-state index in [4.69, 9.17) is 14.2 Å². The van der Waals surface area contributed by atoms with E-state index in [9.17, 15) is 15.3 Å². The van der Waals surface area contributed by atoms with Crippen molar-refractivity contribution in [2.45, 2.75) is 12.0 Å². The third-order valence-corrected chi connectivity index (χ3v) is 7.51. The van der Waals surface area contributed by atoms with Crippen molar-refractivity contribution in [3.05, 3.63) is 104 Å². The third kappa shape index (κ3) is 5.04. The van der Waals surface area contributed by atoms with E-state index in [1.165, 1.54) is 0 Å². The fourth-order valence-electron chi connectivity index (χ4n) is 4.58. The molecule has 0 spiro atoms. The molecule has 0 aliphatic carbocycles. The van der Waals surface area contributed by atoms with Crippen LogP contribution < -0.4 is 14.2 Å². The van der Waals surface area contributed by atoms with Crippen molar-refractivity contribution < 1.29 is 29.5 Å². The number of aromatic hydroxyl groups is 3. The molecule has 5 rings (SSSR count). The Morgan fingerprint density at radius 2 is 1.35 bits per heavy atom. The molecule has 0 bridgehead atoms. The maximum atomic E-state index is 10.5. The summed E-state index contributed by atoms with van der Waals surface area (Å²) < 4.78 is 17.5. The highest BCUT2D eigenvalue weighted by Gasteiger charge is 2.37. The van der Waals surface area contributed by atoms with Crippen LogP contribution in [0.15, 0.2) is 72.8 Å². The van der Waals surface area contributed by atoms with Gasteiger partial charge in [0.2, 0.25) is 0 Å². The molecule has 2 unspecified atom stereocenters. The number of methoxy groups -OCH3 is 2. The van der Waals surface area contributed by atoms with E-state index in [-0.39, 0.29) is 23.2 Å². The Hall–Kier alpha value is -3.85. The molecule has 0 fully saturated rings. The number of phenols is 3. The van der Waals surface area contributed by atoms with Gasteiger partial charge in [0.05, 0.1) is 23.7 Å². The van der Waals surface area contributed by atoms with Gasteiger partial charge in [0.1, 0.15) is 40.6 Å². The minimum Gasteiger partial charge on any atom is -0.508 e. The summed E-state index contributed by atoms with van der Waals surface area (Å²) in [5, 5.41) is 30.7. The Labute approximate surface area is 228 Å². The lowest BCUT2D eigenvalue weighted by Crippen LogP contribution is -2.11. The van der Waals surface area contributed by atoms with Gasteiger partial charge >= 0.3 is 0 Å². The maximum Gasteiger partial charge on any atom is 0.135 e. The highest BCUT2D eigenvalue weighted by molar-refractivity contribution is 14.1. The number of ether oxygens (including phenoxy) is 3. The zero-order chi connectivity index (χ0) is 26.1. The monoisotopic (exact) mass is 608 g/mol. The average Bonchev–Trinajstić information content (AvgIpc) is 3.29. The van der Waals surface area contributed by atoms with Gasteiger partial charge in [0.25, 0.3) is 0 Å². The molecule has 0 saturated heterocycles. The van der Waals surface area contributed by atoms with Gasteiger partial charge in [-0.1, -0.05) is 30.4 Å². The zero-order valence-electron chi connectivity index (χ0n) is 20.2. The van der Waals surface area contributed by atoms with Crippen molar-refractivity contribution >= 4 is 34.7 Å². The van der Waals surface area contributed by atoms with E-state index in [2.05, 4.69) is 6.07 Å². The molecule has 0 saturated carbocycles. The first kappa shape index (κ1) is 24.8. The van der Waals surface area contributed by atoms with E-state index in [0.717, 1.165) is 33.6 Å². The lowest BCUT2D eigenvalue weighted by atomic mass is 9.84. The summed E-state index contributed by atoms with van der Waals surface area (Å²) in [6.07, 6.45) is 3.58. The van der Waals surface area contributed by atoms with Crippen LogP contribution in [0.25, 0.3) is 12.2 Å². The van der Waals surface area contributed by atoms with Crippen LogP contribution in [-0.2, 0) is 0 Å². The number of halogens is 1. The van der Waals surface area contributed by atoms with Crippen LogP contribution in [0.1, 0.15) is 39.8 Å². The van der Waals surface area contributed by atoms with E-state index in [0.29, 0.717) is 15.1 Å². The number of phenolic OH excluding ortho intramolecular Hbond substituents is 3. The van der Waals surface area contributed by atoms with Gasteiger partial charge in [-0.2, -0.15) is 0 Å². The van der Waals surface area contributed by atoms with E-state index < -0.39 is 6.10 Å². The van der Waals surface area contributed by atoms with Gasteiger partial charge in [-0.15, -0.1) is 0 Å². The Balaban J connectivity index is 1.56. The molecule has 188 valence electrons. The Kier molecular flexibility index (Phi) is 6.88. The molecular weight excluding hydrogens is 583 g/mol. The standard InChI is InChI=1S/C30H25IO6/c1-35-22-11-18(12-23(16-22)36-2)4-3-17-5-10-27-24(13-17)28(20-14-25(33)29(31)26(34)15-20)30(37-27)19-6-8-21(32)9-7-19/h3-16,28,30,32-34H,1-2H3/b4-3+. The van der Waals surface area contributed by atoms with Gasteiger partial charge in [0.15, 0.2) is 0 Å². The Morgan fingerprint density at radius 3 is 1.97 bits per heavy atom. The van der Waals surface area contributed by atoms with Crippen LogP contribution in [0, 0.1) is 3.57 Å². The molecule has 37 heavy (non-hydrogen) atoms. The molecule has 1 heterocycles. The van der Waals surface area contributed by atoms with E-state index in [1.54, 1.807) is 38.5 Å². The summed E-state index contributed by atoms with van der Waals surface area (Å²) in [6.45, 7) is 0. The van der Waals surface area contributed by atoms with Crippen LogP contribution in [0.2, 0.25) is 0 Å². The normalized spacial score (nSPS) is 16.4. The predicted octanol–water partition coefficient (Wildman–Crippen LogP) is 6.86. The lowest BCUT2D eigenvalue weighted by Gasteiger charge is -2.21. The summed E-state index contributed by atoms with van der Waals surface area (Å²) >= 11 is 1.91. The molecule has 0 amide bonds. The van der Waals surface area contributed by atoms with Crippen LogP contribution in [0.5, 0.6) is 34.5 Å². The highest BCUT2D eigenvalue weighted by atomic mass is 127. The number of rotatable bonds is 6. The second-order valence-electron chi connectivity index (χ2n) is 8.76. The third-order valence-electron chi connectivity index (χ3n) is 6.40. The van der Waals surface area contributed by atoms with Crippen LogP contribution >= 0.6 is 22.6 Å². The first-order valence-corrected chi connectivity index (χ1v) is 12.7. The summed E-state index contributed by atoms with van der Waals surface area (Å²) in [5.74, 6) is 2.03. The number of hydrogen-bond donors (Lipinski definition) is 3. The second kappa shape index (κ2) is 10.3. The molecule has 1 aliphatic rings. The zero-order valence-corrected chi connectivity index (χ0v) is 22.3. The topological polar surface area (TPSA) is 88.4 Å². The van der Waals surface area contributed by atoms with E-state index in [1.807, 2.05) is 77.2 Å². The fraction of sp³-hybridized carbons (Fsp3) is 0.133. The van der Waals surface area contributed by atoms with Crippen molar-refractivity contribution in [2.24, 2.45) is 0 Å². The van der Waals surface area contributed by atoms with Gasteiger partial charge in [-0.3, -0.25) is 0 Å². The van der Waals surface area contributed by atoms with Crippen molar-refractivity contribution in [2.75, 3.05) is 14.2 Å².